The highest BCUT2D eigenvalue weighted by Crippen LogP contribution is 2.41. The molecular formula is C29H38N6O3. The number of hydrogen-bond donors (Lipinski definition) is 1. The van der Waals surface area contributed by atoms with Crippen LogP contribution in [0.15, 0.2) is 48.8 Å². The number of pyridine rings is 1. The molecule has 9 nitrogen and oxygen atoms in total. The molecule has 3 aromatic rings. The number of amides is 2. The van der Waals surface area contributed by atoms with E-state index in [0.717, 1.165) is 40.3 Å². The molecule has 1 aliphatic rings. The molecule has 0 saturated carbocycles. The van der Waals surface area contributed by atoms with Gasteiger partial charge in [-0.05, 0) is 76.4 Å². The summed E-state index contributed by atoms with van der Waals surface area (Å²) in [5.74, 6) is 0.845. The van der Waals surface area contributed by atoms with Crippen LogP contribution in [0.4, 0.5) is 16.3 Å². The monoisotopic (exact) mass is 518 g/mol. The van der Waals surface area contributed by atoms with Gasteiger partial charge in [-0.15, -0.1) is 0 Å². The van der Waals surface area contributed by atoms with Crippen molar-refractivity contribution in [3.8, 4) is 11.1 Å². The number of carbonyl (C=O) groups is 2. The number of rotatable bonds is 6. The molecule has 4 rings (SSSR count). The Bertz CT molecular complexity index is 1310. The molecule has 3 heterocycles. The molecular weight excluding hydrogens is 480 g/mol. The van der Waals surface area contributed by atoms with Gasteiger partial charge in [-0.2, -0.15) is 5.10 Å². The molecule has 0 bridgehead atoms. The molecule has 1 N–H and O–H groups in total. The molecule has 9 heteroatoms. The Morgan fingerprint density at radius 1 is 1.18 bits per heavy atom. The number of aromatic nitrogens is 3. The quantitative estimate of drug-likeness (QED) is 0.469. The van der Waals surface area contributed by atoms with Crippen LogP contribution in [-0.4, -0.2) is 56.9 Å². The van der Waals surface area contributed by atoms with Crippen molar-refractivity contribution in [3.05, 3.63) is 60.0 Å². The number of benzene rings is 1. The minimum absolute atomic E-state index is 0.00220. The predicted molar refractivity (Wildman–Crippen MR) is 149 cm³/mol. The van der Waals surface area contributed by atoms with Crippen LogP contribution in [0.1, 0.15) is 58.3 Å². The topological polar surface area (TPSA) is 92.6 Å². The average Bonchev–Trinajstić information content (AvgIpc) is 3.30. The standard InChI is InChI=1S/C29H38N6O3/c1-19-9-8-10-27(31-19)32-25-15-20(2)35(21(3)36)26-12-11-22(16-24(25)26)23-17-30-34(18-23)14-13-33(7)28(37)38-29(4,5)6/h8-12,16-18,20,25H,13-15H2,1-7H3,(H,31,32)/t20-,25+/m0/s1. The predicted octanol–water partition coefficient (Wildman–Crippen LogP) is 5.42. The van der Waals surface area contributed by atoms with Crippen LogP contribution in [0.5, 0.6) is 0 Å². The number of carbonyl (C=O) groups excluding carboxylic acids is 2. The number of nitrogens with one attached hydrogen (secondary N) is 1. The number of aryl methyl sites for hydroxylation is 1. The molecule has 2 amide bonds. The van der Waals surface area contributed by atoms with Crippen molar-refractivity contribution in [2.24, 2.45) is 0 Å². The van der Waals surface area contributed by atoms with E-state index in [4.69, 9.17) is 4.74 Å². The lowest BCUT2D eigenvalue weighted by Crippen LogP contribution is -2.43. The van der Waals surface area contributed by atoms with E-state index in [1.54, 1.807) is 18.9 Å². The van der Waals surface area contributed by atoms with Crippen LogP contribution in [-0.2, 0) is 16.1 Å². The second kappa shape index (κ2) is 10.8. The van der Waals surface area contributed by atoms with E-state index in [2.05, 4.69) is 28.4 Å². The fraction of sp³-hybridized carbons (Fsp3) is 0.448. The fourth-order valence-corrected chi connectivity index (χ4v) is 4.78. The van der Waals surface area contributed by atoms with Crippen LogP contribution in [0.2, 0.25) is 0 Å². The van der Waals surface area contributed by atoms with E-state index in [0.29, 0.717) is 13.1 Å². The van der Waals surface area contributed by atoms with Crippen molar-refractivity contribution < 1.29 is 14.3 Å². The Balaban J connectivity index is 1.56. The number of likely N-dealkylation sites (N-methyl/N-ethyl adjacent to an activating group) is 1. The number of ether oxygens (including phenoxy) is 1. The second-order valence-electron chi connectivity index (χ2n) is 11.0. The lowest BCUT2D eigenvalue weighted by Gasteiger charge is -2.39. The molecule has 0 unspecified atom stereocenters. The number of nitrogens with zero attached hydrogens (tertiary/aromatic N) is 5. The Labute approximate surface area is 224 Å². The van der Waals surface area contributed by atoms with Crippen molar-refractivity contribution in [3.63, 3.8) is 0 Å². The first-order valence-electron chi connectivity index (χ1n) is 13.0. The summed E-state index contributed by atoms with van der Waals surface area (Å²) in [6.45, 7) is 12.2. The van der Waals surface area contributed by atoms with Gasteiger partial charge in [0.05, 0.1) is 18.8 Å². The summed E-state index contributed by atoms with van der Waals surface area (Å²) < 4.78 is 7.25. The summed E-state index contributed by atoms with van der Waals surface area (Å²) in [6, 6.07) is 12.2. The molecule has 0 spiro atoms. The minimum Gasteiger partial charge on any atom is -0.444 e. The molecule has 38 heavy (non-hydrogen) atoms. The third-order valence-electron chi connectivity index (χ3n) is 6.57. The largest absolute Gasteiger partial charge is 0.444 e. The van der Waals surface area contributed by atoms with Gasteiger partial charge in [-0.3, -0.25) is 9.48 Å². The van der Waals surface area contributed by atoms with Gasteiger partial charge in [0, 0.05) is 49.7 Å². The Kier molecular flexibility index (Phi) is 7.76. The molecule has 0 aliphatic carbocycles. The number of hydrogen-bond acceptors (Lipinski definition) is 6. The first kappa shape index (κ1) is 27.2. The van der Waals surface area contributed by atoms with Gasteiger partial charge in [-0.25, -0.2) is 9.78 Å². The summed E-state index contributed by atoms with van der Waals surface area (Å²) in [5.41, 5.74) is 4.36. The second-order valence-corrected chi connectivity index (χ2v) is 11.0. The summed E-state index contributed by atoms with van der Waals surface area (Å²) in [5, 5.41) is 8.10. The normalized spacial score (nSPS) is 17.1. The van der Waals surface area contributed by atoms with Gasteiger partial charge >= 0.3 is 6.09 Å². The highest BCUT2D eigenvalue weighted by Gasteiger charge is 2.33. The van der Waals surface area contributed by atoms with Gasteiger partial charge in [-0.1, -0.05) is 12.1 Å². The Hall–Kier alpha value is -3.88. The molecule has 2 atom stereocenters. The van der Waals surface area contributed by atoms with E-state index >= 15 is 0 Å². The molecule has 202 valence electrons. The molecule has 1 aliphatic heterocycles. The molecule has 0 radical (unpaired) electrons. The van der Waals surface area contributed by atoms with Crippen molar-refractivity contribution >= 4 is 23.5 Å². The van der Waals surface area contributed by atoms with Gasteiger partial charge in [0.15, 0.2) is 0 Å². The summed E-state index contributed by atoms with van der Waals surface area (Å²) in [4.78, 5) is 32.8. The summed E-state index contributed by atoms with van der Waals surface area (Å²) in [7, 11) is 1.72. The van der Waals surface area contributed by atoms with E-state index in [-0.39, 0.29) is 24.1 Å². The summed E-state index contributed by atoms with van der Waals surface area (Å²) >= 11 is 0. The third kappa shape index (κ3) is 6.33. The fourth-order valence-electron chi connectivity index (χ4n) is 4.78. The average molecular weight is 519 g/mol. The zero-order valence-electron chi connectivity index (χ0n) is 23.4. The van der Waals surface area contributed by atoms with Gasteiger partial charge in [0.1, 0.15) is 11.4 Å². The maximum absolute atomic E-state index is 12.5. The van der Waals surface area contributed by atoms with E-state index in [1.807, 2.05) is 80.0 Å². The van der Waals surface area contributed by atoms with Gasteiger partial charge in [0.25, 0.3) is 0 Å². The van der Waals surface area contributed by atoms with Gasteiger partial charge in [0.2, 0.25) is 5.91 Å². The number of fused-ring (bicyclic) bond motifs is 1. The summed E-state index contributed by atoms with van der Waals surface area (Å²) in [6.07, 6.45) is 4.21. The van der Waals surface area contributed by atoms with Crippen LogP contribution >= 0.6 is 0 Å². The first-order valence-corrected chi connectivity index (χ1v) is 13.0. The smallest absolute Gasteiger partial charge is 0.410 e. The van der Waals surface area contributed by atoms with Crippen molar-refractivity contribution in [2.75, 3.05) is 23.8 Å². The van der Waals surface area contributed by atoms with E-state index < -0.39 is 5.60 Å². The van der Waals surface area contributed by atoms with Crippen LogP contribution < -0.4 is 10.2 Å². The van der Waals surface area contributed by atoms with Gasteiger partial charge < -0.3 is 19.9 Å². The highest BCUT2D eigenvalue weighted by atomic mass is 16.6. The maximum Gasteiger partial charge on any atom is 0.410 e. The SMILES string of the molecule is CC(=O)N1c2ccc(-c3cnn(CCN(C)C(=O)OC(C)(C)C)c3)cc2[C@H](Nc2cccc(C)n2)C[C@@H]1C. The van der Waals surface area contributed by atoms with Crippen molar-refractivity contribution in [1.82, 2.24) is 19.7 Å². The van der Waals surface area contributed by atoms with Crippen molar-refractivity contribution in [2.45, 2.75) is 72.2 Å². The Morgan fingerprint density at radius 3 is 2.63 bits per heavy atom. The zero-order valence-corrected chi connectivity index (χ0v) is 23.4. The lowest BCUT2D eigenvalue weighted by molar-refractivity contribution is -0.117. The van der Waals surface area contributed by atoms with E-state index in [1.165, 1.54) is 0 Å². The minimum atomic E-state index is -0.533. The lowest BCUT2D eigenvalue weighted by atomic mass is 9.89. The third-order valence-corrected chi connectivity index (χ3v) is 6.57. The van der Waals surface area contributed by atoms with Crippen molar-refractivity contribution in [1.29, 1.82) is 0 Å². The molecule has 0 saturated heterocycles. The molecule has 0 fully saturated rings. The zero-order chi connectivity index (χ0) is 27.6. The van der Waals surface area contributed by atoms with Crippen LogP contribution in [0, 0.1) is 6.92 Å². The first-order chi connectivity index (χ1) is 17.9. The number of anilines is 2. The van der Waals surface area contributed by atoms with Crippen LogP contribution in [0.25, 0.3) is 11.1 Å². The molecule has 2 aromatic heterocycles. The molecule has 1 aromatic carbocycles. The van der Waals surface area contributed by atoms with Crippen LogP contribution in [0.3, 0.4) is 0 Å². The Morgan fingerprint density at radius 2 is 1.95 bits per heavy atom. The highest BCUT2D eigenvalue weighted by molar-refractivity contribution is 5.94. The maximum atomic E-state index is 12.5. The van der Waals surface area contributed by atoms with E-state index in [9.17, 15) is 9.59 Å².